The molecule has 0 fully saturated rings. The van der Waals surface area contributed by atoms with Crippen LogP contribution < -0.4 is 10.1 Å². The fraction of sp³-hybridized carbons (Fsp3) is 0.250. The van der Waals surface area contributed by atoms with Crippen LogP contribution in [0.4, 0.5) is 5.82 Å². The van der Waals surface area contributed by atoms with Gasteiger partial charge in [0, 0.05) is 12.6 Å². The van der Waals surface area contributed by atoms with Crippen LogP contribution in [0.2, 0.25) is 0 Å². The average molecular weight is 165 g/mol. The van der Waals surface area contributed by atoms with Gasteiger partial charge >= 0.3 is 0 Å². The molecule has 0 aliphatic carbocycles. The highest BCUT2D eigenvalue weighted by Crippen LogP contribution is 2.09. The van der Waals surface area contributed by atoms with Crippen molar-refractivity contribution in [3.05, 3.63) is 25.0 Å². The van der Waals surface area contributed by atoms with Crippen molar-refractivity contribution in [2.75, 3.05) is 19.0 Å². The summed E-state index contributed by atoms with van der Waals surface area (Å²) in [5, 5.41) is 3.02. The molecule has 12 heavy (non-hydrogen) atoms. The molecular weight excluding hydrogens is 154 g/mol. The monoisotopic (exact) mass is 165 g/mol. The van der Waals surface area contributed by atoms with Crippen LogP contribution in [0, 0.1) is 0 Å². The van der Waals surface area contributed by atoms with E-state index in [4.69, 9.17) is 4.74 Å². The third kappa shape index (κ3) is 2.23. The van der Waals surface area contributed by atoms with E-state index in [1.807, 2.05) is 0 Å². The molecule has 0 spiro atoms. The van der Waals surface area contributed by atoms with Crippen LogP contribution in [-0.2, 0) is 0 Å². The second kappa shape index (κ2) is 4.33. The molecule has 0 aromatic carbocycles. The van der Waals surface area contributed by atoms with Gasteiger partial charge in [0.25, 0.3) is 0 Å². The fourth-order valence-electron chi connectivity index (χ4n) is 0.725. The molecule has 0 saturated heterocycles. The quantitative estimate of drug-likeness (QED) is 0.678. The van der Waals surface area contributed by atoms with Crippen LogP contribution in [0.5, 0.6) is 5.88 Å². The van der Waals surface area contributed by atoms with Crippen LogP contribution in [0.25, 0.3) is 0 Å². The summed E-state index contributed by atoms with van der Waals surface area (Å²) in [5.74, 6) is 1.29. The second-order valence-corrected chi connectivity index (χ2v) is 2.12. The van der Waals surface area contributed by atoms with Crippen molar-refractivity contribution in [2.45, 2.75) is 0 Å². The van der Waals surface area contributed by atoms with Gasteiger partial charge in [0.05, 0.1) is 7.11 Å². The van der Waals surface area contributed by atoms with Gasteiger partial charge in [-0.05, 0) is 0 Å². The zero-order valence-electron chi connectivity index (χ0n) is 6.95. The molecule has 0 aliphatic heterocycles. The molecule has 0 aliphatic rings. The number of hydrogen-bond acceptors (Lipinski definition) is 4. The SMILES string of the molecule is C=CCNc1cc(OC)ncn1. The van der Waals surface area contributed by atoms with Gasteiger partial charge in [-0.25, -0.2) is 9.97 Å². The molecular formula is C8H11N3O. The molecule has 4 nitrogen and oxygen atoms in total. The standard InChI is InChI=1S/C8H11N3O/c1-3-4-9-7-5-8(12-2)11-6-10-7/h3,5-6H,1,4H2,2H3,(H,9,10,11). The number of methoxy groups -OCH3 is 1. The lowest BCUT2D eigenvalue weighted by atomic mass is 10.5. The molecule has 0 bridgehead atoms. The van der Waals surface area contributed by atoms with E-state index in [0.29, 0.717) is 12.4 Å². The normalized spacial score (nSPS) is 9.08. The molecule has 1 rings (SSSR count). The van der Waals surface area contributed by atoms with Crippen molar-refractivity contribution in [3.63, 3.8) is 0 Å². The minimum atomic E-state index is 0.552. The van der Waals surface area contributed by atoms with Gasteiger partial charge in [-0.1, -0.05) is 6.08 Å². The summed E-state index contributed by atoms with van der Waals surface area (Å²) in [6.45, 7) is 4.26. The molecule has 1 N–H and O–H groups in total. The van der Waals surface area contributed by atoms with Crippen molar-refractivity contribution < 1.29 is 4.74 Å². The van der Waals surface area contributed by atoms with Gasteiger partial charge < -0.3 is 10.1 Å². The van der Waals surface area contributed by atoms with E-state index in [1.165, 1.54) is 6.33 Å². The Bertz CT molecular complexity index is 262. The lowest BCUT2D eigenvalue weighted by molar-refractivity contribution is 0.397. The number of rotatable bonds is 4. The Morgan fingerprint density at radius 2 is 2.50 bits per heavy atom. The van der Waals surface area contributed by atoms with E-state index >= 15 is 0 Å². The third-order valence-corrected chi connectivity index (χ3v) is 1.28. The molecule has 0 radical (unpaired) electrons. The first kappa shape index (κ1) is 8.52. The van der Waals surface area contributed by atoms with Gasteiger partial charge in [0.2, 0.25) is 5.88 Å². The van der Waals surface area contributed by atoms with Crippen molar-refractivity contribution in [1.29, 1.82) is 0 Å². The number of nitrogens with zero attached hydrogens (tertiary/aromatic N) is 2. The van der Waals surface area contributed by atoms with Crippen molar-refractivity contribution in [2.24, 2.45) is 0 Å². The van der Waals surface area contributed by atoms with Gasteiger partial charge in [0.1, 0.15) is 12.1 Å². The highest BCUT2D eigenvalue weighted by Gasteiger charge is 1.94. The highest BCUT2D eigenvalue weighted by atomic mass is 16.5. The molecule has 0 amide bonds. The zero-order chi connectivity index (χ0) is 8.81. The van der Waals surface area contributed by atoms with Crippen molar-refractivity contribution >= 4 is 5.82 Å². The highest BCUT2D eigenvalue weighted by molar-refractivity contribution is 5.37. The summed E-state index contributed by atoms with van der Waals surface area (Å²) in [7, 11) is 1.57. The van der Waals surface area contributed by atoms with Gasteiger partial charge in [-0.2, -0.15) is 0 Å². The van der Waals surface area contributed by atoms with Crippen LogP contribution in [-0.4, -0.2) is 23.6 Å². The summed E-state index contributed by atoms with van der Waals surface area (Å²) >= 11 is 0. The molecule has 0 atom stereocenters. The zero-order valence-corrected chi connectivity index (χ0v) is 6.95. The Kier molecular flexibility index (Phi) is 3.07. The van der Waals surface area contributed by atoms with E-state index in [0.717, 1.165) is 5.82 Å². The minimum absolute atomic E-state index is 0.552. The molecule has 0 unspecified atom stereocenters. The minimum Gasteiger partial charge on any atom is -0.481 e. The van der Waals surface area contributed by atoms with Crippen LogP contribution in [0.1, 0.15) is 0 Å². The van der Waals surface area contributed by atoms with Crippen LogP contribution in [0.15, 0.2) is 25.0 Å². The Balaban J connectivity index is 2.65. The van der Waals surface area contributed by atoms with Gasteiger partial charge in [-0.15, -0.1) is 6.58 Å². The Hall–Kier alpha value is -1.58. The first-order valence-corrected chi connectivity index (χ1v) is 3.57. The lowest BCUT2D eigenvalue weighted by Crippen LogP contribution is -2.00. The number of anilines is 1. The molecule has 1 aromatic heterocycles. The Labute approximate surface area is 71.3 Å². The first-order valence-electron chi connectivity index (χ1n) is 3.57. The van der Waals surface area contributed by atoms with Crippen molar-refractivity contribution in [1.82, 2.24) is 9.97 Å². The summed E-state index contributed by atoms with van der Waals surface area (Å²) in [6.07, 6.45) is 3.21. The number of ether oxygens (including phenoxy) is 1. The van der Waals surface area contributed by atoms with E-state index in [2.05, 4.69) is 21.9 Å². The first-order chi connectivity index (χ1) is 5.86. The van der Waals surface area contributed by atoms with E-state index in [-0.39, 0.29) is 0 Å². The number of nitrogens with one attached hydrogen (secondary N) is 1. The smallest absolute Gasteiger partial charge is 0.218 e. The topological polar surface area (TPSA) is 47.0 Å². The Morgan fingerprint density at radius 3 is 3.17 bits per heavy atom. The summed E-state index contributed by atoms with van der Waals surface area (Å²) < 4.78 is 4.92. The maximum absolute atomic E-state index is 4.92. The lowest BCUT2D eigenvalue weighted by Gasteiger charge is -2.02. The number of aromatic nitrogens is 2. The number of hydrogen-bond donors (Lipinski definition) is 1. The van der Waals surface area contributed by atoms with E-state index in [9.17, 15) is 0 Å². The third-order valence-electron chi connectivity index (χ3n) is 1.28. The fourth-order valence-corrected chi connectivity index (χ4v) is 0.725. The largest absolute Gasteiger partial charge is 0.481 e. The van der Waals surface area contributed by atoms with E-state index in [1.54, 1.807) is 19.3 Å². The molecule has 64 valence electrons. The summed E-state index contributed by atoms with van der Waals surface area (Å²) in [5.41, 5.74) is 0. The second-order valence-electron chi connectivity index (χ2n) is 2.12. The summed E-state index contributed by atoms with van der Waals surface area (Å²) in [6, 6.07) is 1.73. The maximum atomic E-state index is 4.92. The predicted molar refractivity (Wildman–Crippen MR) is 47.3 cm³/mol. The van der Waals surface area contributed by atoms with Crippen molar-refractivity contribution in [3.8, 4) is 5.88 Å². The predicted octanol–water partition coefficient (Wildman–Crippen LogP) is 1.08. The van der Waals surface area contributed by atoms with Gasteiger partial charge in [0.15, 0.2) is 0 Å². The van der Waals surface area contributed by atoms with E-state index < -0.39 is 0 Å². The maximum Gasteiger partial charge on any atom is 0.218 e. The average Bonchev–Trinajstić information content (AvgIpc) is 2.15. The molecule has 1 aromatic rings. The van der Waals surface area contributed by atoms with Crippen LogP contribution in [0.3, 0.4) is 0 Å². The molecule has 0 saturated carbocycles. The van der Waals surface area contributed by atoms with Crippen LogP contribution >= 0.6 is 0 Å². The van der Waals surface area contributed by atoms with Gasteiger partial charge in [-0.3, -0.25) is 0 Å². The Morgan fingerprint density at radius 1 is 1.67 bits per heavy atom. The molecule has 4 heteroatoms. The molecule has 1 heterocycles. The summed E-state index contributed by atoms with van der Waals surface area (Å²) in [4.78, 5) is 7.84.